The van der Waals surface area contributed by atoms with Gasteiger partial charge in [0.25, 0.3) is 0 Å². The average molecular weight is 351 g/mol. The summed E-state index contributed by atoms with van der Waals surface area (Å²) in [6, 6.07) is 9.93. The normalized spacial score (nSPS) is 10.8. The Bertz CT molecular complexity index is 737. The topological polar surface area (TPSA) is 41.6 Å². The maximum Gasteiger partial charge on any atom is 0.238 e. The number of methoxy groups -OCH3 is 1. The number of nitrogens with one attached hydrogen (secondary N) is 1. The Labute approximate surface area is 146 Å². The Balaban J connectivity index is 1.99. The first kappa shape index (κ1) is 18.2. The number of carbonyl (C=O) groups excluding carboxylic acids is 1. The van der Waals surface area contributed by atoms with Gasteiger partial charge < -0.3 is 10.1 Å². The lowest BCUT2D eigenvalue weighted by Gasteiger charge is -2.18. The number of amides is 1. The van der Waals surface area contributed by atoms with Crippen LogP contribution in [-0.2, 0) is 11.3 Å². The van der Waals surface area contributed by atoms with Gasteiger partial charge >= 0.3 is 0 Å². The van der Waals surface area contributed by atoms with Crippen LogP contribution in [0.1, 0.15) is 11.1 Å². The molecule has 6 heteroatoms. The number of rotatable bonds is 6. The standard InChI is InChI=1S/C18H20ClFN2O2/c1-12-4-7-17(24-3)13(8-12)10-22(2)11-18(23)21-16-9-14(19)5-6-15(16)20/h4-9H,10-11H2,1-3H3,(H,21,23). The second kappa shape index (κ2) is 8.13. The number of ether oxygens (including phenoxy) is 1. The highest BCUT2D eigenvalue weighted by Gasteiger charge is 2.12. The highest BCUT2D eigenvalue weighted by atomic mass is 35.5. The fourth-order valence-corrected chi connectivity index (χ4v) is 2.58. The van der Waals surface area contributed by atoms with E-state index in [0.29, 0.717) is 11.6 Å². The monoisotopic (exact) mass is 350 g/mol. The largest absolute Gasteiger partial charge is 0.496 e. The van der Waals surface area contributed by atoms with Gasteiger partial charge in [-0.25, -0.2) is 4.39 Å². The highest BCUT2D eigenvalue weighted by Crippen LogP contribution is 2.22. The maximum atomic E-state index is 13.7. The van der Waals surface area contributed by atoms with E-state index in [4.69, 9.17) is 16.3 Å². The first-order chi connectivity index (χ1) is 11.4. The van der Waals surface area contributed by atoms with Crippen LogP contribution in [0.2, 0.25) is 5.02 Å². The molecule has 0 atom stereocenters. The van der Waals surface area contributed by atoms with Gasteiger partial charge in [0.2, 0.25) is 5.91 Å². The predicted octanol–water partition coefficient (Wildman–Crippen LogP) is 3.87. The SMILES string of the molecule is COc1ccc(C)cc1CN(C)CC(=O)Nc1cc(Cl)ccc1F. The summed E-state index contributed by atoms with van der Waals surface area (Å²) in [4.78, 5) is 13.9. The number of hydrogen-bond donors (Lipinski definition) is 1. The van der Waals surface area contributed by atoms with Gasteiger partial charge in [-0.3, -0.25) is 9.69 Å². The van der Waals surface area contributed by atoms with Crippen molar-refractivity contribution in [2.24, 2.45) is 0 Å². The molecule has 0 aliphatic rings. The molecule has 0 fully saturated rings. The summed E-state index contributed by atoms with van der Waals surface area (Å²) in [7, 11) is 3.43. The molecule has 0 aliphatic carbocycles. The molecule has 0 unspecified atom stereocenters. The van der Waals surface area contributed by atoms with Gasteiger partial charge in [-0.05, 0) is 38.2 Å². The first-order valence-corrected chi connectivity index (χ1v) is 7.84. The van der Waals surface area contributed by atoms with Crippen LogP contribution >= 0.6 is 11.6 Å². The summed E-state index contributed by atoms with van der Waals surface area (Å²) in [5.74, 6) is -0.0604. The van der Waals surface area contributed by atoms with Crippen LogP contribution < -0.4 is 10.1 Å². The molecule has 1 amide bonds. The molecule has 0 aliphatic heterocycles. The molecule has 2 rings (SSSR count). The predicted molar refractivity (Wildman–Crippen MR) is 94.1 cm³/mol. The number of anilines is 1. The third kappa shape index (κ3) is 4.94. The lowest BCUT2D eigenvalue weighted by molar-refractivity contribution is -0.117. The van der Waals surface area contributed by atoms with Gasteiger partial charge in [0.15, 0.2) is 0 Å². The molecular formula is C18H20ClFN2O2. The van der Waals surface area contributed by atoms with E-state index >= 15 is 0 Å². The molecule has 1 N–H and O–H groups in total. The second-order valence-corrected chi connectivity index (χ2v) is 6.10. The fourth-order valence-electron chi connectivity index (χ4n) is 2.41. The Morgan fingerprint density at radius 2 is 2.04 bits per heavy atom. The van der Waals surface area contributed by atoms with E-state index in [1.54, 1.807) is 7.11 Å². The van der Waals surface area contributed by atoms with Gasteiger partial charge in [0.05, 0.1) is 19.3 Å². The third-order valence-electron chi connectivity index (χ3n) is 3.49. The number of nitrogens with zero attached hydrogens (tertiary/aromatic N) is 1. The zero-order valence-electron chi connectivity index (χ0n) is 13.9. The van der Waals surface area contributed by atoms with Crippen molar-refractivity contribution in [1.82, 2.24) is 4.90 Å². The van der Waals surface area contributed by atoms with Crippen molar-refractivity contribution < 1.29 is 13.9 Å². The molecule has 0 saturated heterocycles. The number of likely N-dealkylation sites (N-methyl/N-ethyl adjacent to an activating group) is 1. The van der Waals surface area contributed by atoms with Crippen molar-refractivity contribution in [2.45, 2.75) is 13.5 Å². The summed E-state index contributed by atoms with van der Waals surface area (Å²) in [5.41, 5.74) is 2.18. The van der Waals surface area contributed by atoms with Crippen molar-refractivity contribution in [3.63, 3.8) is 0 Å². The average Bonchev–Trinajstić information content (AvgIpc) is 2.51. The molecular weight excluding hydrogens is 331 g/mol. The smallest absolute Gasteiger partial charge is 0.238 e. The summed E-state index contributed by atoms with van der Waals surface area (Å²) >= 11 is 5.82. The van der Waals surface area contributed by atoms with Crippen LogP contribution in [0, 0.1) is 12.7 Å². The minimum absolute atomic E-state index is 0.0778. The highest BCUT2D eigenvalue weighted by molar-refractivity contribution is 6.30. The van der Waals surface area contributed by atoms with E-state index in [0.717, 1.165) is 16.9 Å². The first-order valence-electron chi connectivity index (χ1n) is 7.46. The van der Waals surface area contributed by atoms with E-state index in [-0.39, 0.29) is 18.1 Å². The van der Waals surface area contributed by atoms with Crippen LogP contribution in [-0.4, -0.2) is 31.5 Å². The van der Waals surface area contributed by atoms with Crippen molar-refractivity contribution in [3.05, 3.63) is 58.4 Å². The van der Waals surface area contributed by atoms with Crippen LogP contribution in [0.3, 0.4) is 0 Å². The quantitative estimate of drug-likeness (QED) is 0.860. The molecule has 0 heterocycles. The molecule has 128 valence electrons. The van der Waals surface area contributed by atoms with E-state index in [1.165, 1.54) is 18.2 Å². The van der Waals surface area contributed by atoms with Crippen molar-refractivity contribution in [1.29, 1.82) is 0 Å². The lowest BCUT2D eigenvalue weighted by atomic mass is 10.1. The van der Waals surface area contributed by atoms with Crippen molar-refractivity contribution >= 4 is 23.2 Å². The Morgan fingerprint density at radius 1 is 1.29 bits per heavy atom. The van der Waals surface area contributed by atoms with Crippen LogP contribution in [0.4, 0.5) is 10.1 Å². The minimum atomic E-state index is -0.518. The number of aryl methyl sites for hydroxylation is 1. The Kier molecular flexibility index (Phi) is 6.17. The molecule has 2 aromatic carbocycles. The third-order valence-corrected chi connectivity index (χ3v) is 3.73. The Hall–Kier alpha value is -2.11. The van der Waals surface area contributed by atoms with Gasteiger partial charge in [0, 0.05) is 17.1 Å². The van der Waals surface area contributed by atoms with Crippen LogP contribution in [0.15, 0.2) is 36.4 Å². The number of benzene rings is 2. The van der Waals surface area contributed by atoms with Crippen molar-refractivity contribution in [2.75, 3.05) is 26.0 Å². The van der Waals surface area contributed by atoms with E-state index in [2.05, 4.69) is 5.32 Å². The molecule has 0 radical (unpaired) electrons. The number of halogens is 2. The molecule has 4 nitrogen and oxygen atoms in total. The molecule has 0 bridgehead atoms. The Morgan fingerprint density at radius 3 is 2.75 bits per heavy atom. The second-order valence-electron chi connectivity index (χ2n) is 5.66. The van der Waals surface area contributed by atoms with Crippen molar-refractivity contribution in [3.8, 4) is 5.75 Å². The molecule has 0 aromatic heterocycles. The maximum absolute atomic E-state index is 13.7. The molecule has 2 aromatic rings. The van der Waals surface area contributed by atoms with Gasteiger partial charge in [-0.2, -0.15) is 0 Å². The summed E-state index contributed by atoms with van der Waals surface area (Å²) in [6.07, 6.45) is 0. The zero-order chi connectivity index (χ0) is 17.7. The van der Waals surface area contributed by atoms with E-state index < -0.39 is 5.82 Å². The van der Waals surface area contributed by atoms with Gasteiger partial charge in [-0.15, -0.1) is 0 Å². The van der Waals surface area contributed by atoms with Gasteiger partial charge in [-0.1, -0.05) is 29.3 Å². The number of hydrogen-bond acceptors (Lipinski definition) is 3. The summed E-state index contributed by atoms with van der Waals surface area (Å²) < 4.78 is 19.0. The molecule has 0 saturated carbocycles. The fraction of sp³-hybridized carbons (Fsp3) is 0.278. The molecule has 24 heavy (non-hydrogen) atoms. The zero-order valence-corrected chi connectivity index (χ0v) is 14.7. The lowest BCUT2D eigenvalue weighted by Crippen LogP contribution is -2.30. The van der Waals surface area contributed by atoms with Crippen LogP contribution in [0.25, 0.3) is 0 Å². The minimum Gasteiger partial charge on any atom is -0.496 e. The van der Waals surface area contributed by atoms with E-state index in [9.17, 15) is 9.18 Å². The number of carbonyl (C=O) groups is 1. The van der Waals surface area contributed by atoms with Gasteiger partial charge in [0.1, 0.15) is 11.6 Å². The van der Waals surface area contributed by atoms with Crippen LogP contribution in [0.5, 0.6) is 5.75 Å². The van der Waals surface area contributed by atoms with E-state index in [1.807, 2.05) is 37.1 Å². The molecule has 0 spiro atoms. The summed E-state index contributed by atoms with van der Waals surface area (Å²) in [6.45, 7) is 2.65. The summed E-state index contributed by atoms with van der Waals surface area (Å²) in [5, 5.41) is 2.90.